The summed E-state index contributed by atoms with van der Waals surface area (Å²) in [7, 11) is 0. The van der Waals surface area contributed by atoms with Gasteiger partial charge in [-0.1, -0.05) is 65.0 Å². The lowest BCUT2D eigenvalue weighted by Gasteiger charge is -1.98. The first-order chi connectivity index (χ1) is 6.27. The Morgan fingerprint density at radius 1 is 0.923 bits per heavy atom. The smallest absolute Gasteiger partial charge is 0.0290 e. The average molecular weight is 182 g/mol. The Hall–Kier alpha value is -0.260. The molecule has 0 radical (unpaired) electrons. The highest BCUT2D eigenvalue weighted by atomic mass is 13.9. The normalized spacial score (nSPS) is 11.7. The molecule has 0 saturated carbocycles. The van der Waals surface area contributed by atoms with Crippen molar-refractivity contribution in [3.05, 3.63) is 12.2 Å². The van der Waals surface area contributed by atoms with Gasteiger partial charge >= 0.3 is 0 Å². The molecule has 0 aromatic heterocycles. The summed E-state index contributed by atoms with van der Waals surface area (Å²) in [5, 5.41) is 0. The van der Waals surface area contributed by atoms with Crippen LogP contribution in [0, 0.1) is 5.92 Å². The molecule has 0 aliphatic rings. The largest absolute Gasteiger partial charge is 0.0883 e. The highest BCUT2D eigenvalue weighted by Crippen LogP contribution is 2.07. The third-order valence-corrected chi connectivity index (χ3v) is 2.25. The highest BCUT2D eigenvalue weighted by molar-refractivity contribution is 4.83. The van der Waals surface area contributed by atoms with E-state index in [1.807, 2.05) is 0 Å². The van der Waals surface area contributed by atoms with Gasteiger partial charge in [0.25, 0.3) is 0 Å². The molecular weight excluding hydrogens is 156 g/mol. The highest BCUT2D eigenvalue weighted by Gasteiger charge is 1.88. The van der Waals surface area contributed by atoms with Gasteiger partial charge in [-0.2, -0.15) is 0 Å². The van der Waals surface area contributed by atoms with Gasteiger partial charge in [-0.05, 0) is 18.8 Å². The molecule has 0 rings (SSSR count). The summed E-state index contributed by atoms with van der Waals surface area (Å²) >= 11 is 0. The lowest BCUT2D eigenvalue weighted by molar-refractivity contribution is 0.610. The predicted octanol–water partition coefficient (Wildman–Crippen LogP) is 4.95. The van der Waals surface area contributed by atoms with Crippen LogP contribution in [0.4, 0.5) is 0 Å². The molecule has 0 aliphatic heterocycles. The first-order valence-corrected chi connectivity index (χ1v) is 5.94. The standard InChI is InChI=1S/C13H26/c1-4-5-6-7-8-9-10-11-12-13(2)3/h11-13H,4-10H2,1-3H3. The minimum Gasteiger partial charge on any atom is -0.0883 e. The molecule has 0 amide bonds. The van der Waals surface area contributed by atoms with Gasteiger partial charge < -0.3 is 0 Å². The second-order valence-electron chi connectivity index (χ2n) is 4.23. The van der Waals surface area contributed by atoms with Crippen molar-refractivity contribution >= 4 is 0 Å². The number of allylic oxidation sites excluding steroid dienone is 2. The van der Waals surface area contributed by atoms with E-state index in [1.165, 1.54) is 44.9 Å². The van der Waals surface area contributed by atoms with Crippen LogP contribution in [0.2, 0.25) is 0 Å². The van der Waals surface area contributed by atoms with Gasteiger partial charge in [-0.25, -0.2) is 0 Å². The van der Waals surface area contributed by atoms with Crippen LogP contribution in [-0.2, 0) is 0 Å². The molecule has 0 nitrogen and oxygen atoms in total. The Balaban J connectivity index is 2.99. The Bertz CT molecular complexity index is 111. The monoisotopic (exact) mass is 182 g/mol. The number of rotatable bonds is 8. The van der Waals surface area contributed by atoms with Crippen molar-refractivity contribution in [1.82, 2.24) is 0 Å². The zero-order valence-corrected chi connectivity index (χ0v) is 9.68. The van der Waals surface area contributed by atoms with Crippen LogP contribution in [0.3, 0.4) is 0 Å². The average Bonchev–Trinajstić information content (AvgIpc) is 2.09. The molecule has 0 spiro atoms. The fourth-order valence-electron chi connectivity index (χ4n) is 1.41. The number of hydrogen-bond acceptors (Lipinski definition) is 0. The van der Waals surface area contributed by atoms with E-state index in [2.05, 4.69) is 32.9 Å². The molecular formula is C13H26. The lowest BCUT2D eigenvalue weighted by Crippen LogP contribution is -1.79. The number of hydrogen-bond donors (Lipinski definition) is 0. The second-order valence-corrected chi connectivity index (χ2v) is 4.23. The zero-order valence-electron chi connectivity index (χ0n) is 9.68. The summed E-state index contributed by atoms with van der Waals surface area (Å²) in [5.74, 6) is 0.722. The molecule has 13 heavy (non-hydrogen) atoms. The SMILES string of the molecule is CCCCCCCCC=CC(C)C. The molecule has 0 N–H and O–H groups in total. The van der Waals surface area contributed by atoms with E-state index in [9.17, 15) is 0 Å². The van der Waals surface area contributed by atoms with Crippen LogP contribution >= 0.6 is 0 Å². The molecule has 0 bridgehead atoms. The first-order valence-electron chi connectivity index (χ1n) is 5.94. The van der Waals surface area contributed by atoms with Gasteiger partial charge in [0.1, 0.15) is 0 Å². The molecule has 78 valence electrons. The Morgan fingerprint density at radius 3 is 2.15 bits per heavy atom. The van der Waals surface area contributed by atoms with Crippen LogP contribution in [0.25, 0.3) is 0 Å². The molecule has 0 unspecified atom stereocenters. The molecule has 0 heteroatoms. The van der Waals surface area contributed by atoms with Crippen LogP contribution in [0.15, 0.2) is 12.2 Å². The quantitative estimate of drug-likeness (QED) is 0.368. The first kappa shape index (κ1) is 12.7. The van der Waals surface area contributed by atoms with Gasteiger partial charge in [0, 0.05) is 0 Å². The van der Waals surface area contributed by atoms with Gasteiger partial charge in [0.05, 0.1) is 0 Å². The third-order valence-electron chi connectivity index (χ3n) is 2.25. The molecule has 0 heterocycles. The molecule has 0 saturated heterocycles. The fourth-order valence-corrected chi connectivity index (χ4v) is 1.41. The fraction of sp³-hybridized carbons (Fsp3) is 0.846. The summed E-state index contributed by atoms with van der Waals surface area (Å²) in [6, 6.07) is 0. The van der Waals surface area contributed by atoms with Gasteiger partial charge in [0.15, 0.2) is 0 Å². The Kier molecular flexibility index (Phi) is 9.63. The predicted molar refractivity (Wildman–Crippen MR) is 62.0 cm³/mol. The van der Waals surface area contributed by atoms with Crippen molar-refractivity contribution in [3.63, 3.8) is 0 Å². The van der Waals surface area contributed by atoms with Crippen molar-refractivity contribution < 1.29 is 0 Å². The molecule has 0 aliphatic carbocycles. The van der Waals surface area contributed by atoms with Gasteiger partial charge in [-0.3, -0.25) is 0 Å². The maximum Gasteiger partial charge on any atom is -0.0290 e. The van der Waals surface area contributed by atoms with Crippen molar-refractivity contribution in [2.24, 2.45) is 5.92 Å². The summed E-state index contributed by atoms with van der Waals surface area (Å²) in [6.45, 7) is 6.74. The van der Waals surface area contributed by atoms with Crippen molar-refractivity contribution in [2.75, 3.05) is 0 Å². The molecule has 0 aromatic rings. The van der Waals surface area contributed by atoms with E-state index in [0.29, 0.717) is 0 Å². The van der Waals surface area contributed by atoms with Crippen LogP contribution in [-0.4, -0.2) is 0 Å². The van der Waals surface area contributed by atoms with Crippen LogP contribution in [0.5, 0.6) is 0 Å². The lowest BCUT2D eigenvalue weighted by atomic mass is 10.1. The van der Waals surface area contributed by atoms with Crippen LogP contribution in [0.1, 0.15) is 65.7 Å². The van der Waals surface area contributed by atoms with E-state index in [0.717, 1.165) is 5.92 Å². The third kappa shape index (κ3) is 11.7. The summed E-state index contributed by atoms with van der Waals surface area (Å²) < 4.78 is 0. The topological polar surface area (TPSA) is 0 Å². The van der Waals surface area contributed by atoms with Gasteiger partial charge in [-0.15, -0.1) is 0 Å². The van der Waals surface area contributed by atoms with Gasteiger partial charge in [0.2, 0.25) is 0 Å². The minimum absolute atomic E-state index is 0.722. The Morgan fingerprint density at radius 2 is 1.54 bits per heavy atom. The maximum atomic E-state index is 2.34. The second kappa shape index (κ2) is 9.83. The van der Waals surface area contributed by atoms with E-state index in [1.54, 1.807) is 0 Å². The molecule has 0 aromatic carbocycles. The van der Waals surface area contributed by atoms with Crippen LogP contribution < -0.4 is 0 Å². The minimum atomic E-state index is 0.722. The zero-order chi connectivity index (χ0) is 9.94. The van der Waals surface area contributed by atoms with E-state index < -0.39 is 0 Å². The van der Waals surface area contributed by atoms with E-state index in [-0.39, 0.29) is 0 Å². The number of unbranched alkanes of at least 4 members (excludes halogenated alkanes) is 6. The Labute approximate surface area is 84.4 Å². The van der Waals surface area contributed by atoms with E-state index >= 15 is 0 Å². The summed E-state index contributed by atoms with van der Waals surface area (Å²) in [4.78, 5) is 0. The summed E-state index contributed by atoms with van der Waals surface area (Å²) in [5.41, 5.74) is 0. The molecule has 0 atom stereocenters. The van der Waals surface area contributed by atoms with E-state index in [4.69, 9.17) is 0 Å². The maximum absolute atomic E-state index is 2.34. The molecule has 0 fully saturated rings. The van der Waals surface area contributed by atoms with Crippen molar-refractivity contribution in [3.8, 4) is 0 Å². The van der Waals surface area contributed by atoms with Crippen molar-refractivity contribution in [1.29, 1.82) is 0 Å². The summed E-state index contributed by atoms with van der Waals surface area (Å²) in [6.07, 6.45) is 14.4. The van der Waals surface area contributed by atoms with Crippen molar-refractivity contribution in [2.45, 2.75) is 65.7 Å².